The quantitative estimate of drug-likeness (QED) is 0.424. The van der Waals surface area contributed by atoms with Crippen LogP contribution in [0.1, 0.15) is 53.0 Å². The molecule has 1 atom stereocenters. The Kier molecular flexibility index (Phi) is 8.17. The second kappa shape index (κ2) is 11.1. The number of aryl methyl sites for hydroxylation is 1. The van der Waals surface area contributed by atoms with E-state index in [0.717, 1.165) is 18.4 Å². The number of amides is 1. The molecule has 3 rings (SSSR count). The molecule has 2 aromatic rings. The number of likely N-dealkylation sites (tertiary alicyclic amines) is 1. The van der Waals surface area contributed by atoms with Crippen LogP contribution in [0.15, 0.2) is 29.3 Å². The predicted octanol–water partition coefficient (Wildman–Crippen LogP) is 3.91. The van der Waals surface area contributed by atoms with Crippen LogP contribution in [0.4, 0.5) is 0 Å². The second-order valence-electron chi connectivity index (χ2n) is 7.45. The third-order valence-electron chi connectivity index (χ3n) is 5.50. The van der Waals surface area contributed by atoms with E-state index in [0.29, 0.717) is 28.8 Å². The Balaban J connectivity index is 1.78. The van der Waals surface area contributed by atoms with E-state index in [1.807, 2.05) is 23.1 Å². The van der Waals surface area contributed by atoms with Crippen molar-refractivity contribution in [3.8, 4) is 17.6 Å². The molecule has 1 aromatic carbocycles. The molecule has 1 aliphatic heterocycles. The van der Waals surface area contributed by atoms with Crippen LogP contribution >= 0.6 is 11.8 Å². The van der Waals surface area contributed by atoms with Crippen molar-refractivity contribution in [1.29, 1.82) is 5.26 Å². The molecule has 0 radical (unpaired) electrons. The largest absolute Gasteiger partial charge is 0.497 e. The van der Waals surface area contributed by atoms with Gasteiger partial charge in [0.05, 0.1) is 49.4 Å². The van der Waals surface area contributed by atoms with Crippen LogP contribution in [-0.2, 0) is 9.53 Å². The van der Waals surface area contributed by atoms with E-state index in [2.05, 4.69) is 11.1 Å². The average Bonchev–Trinajstić information content (AvgIpc) is 3.32. The zero-order valence-corrected chi connectivity index (χ0v) is 20.0. The van der Waals surface area contributed by atoms with Gasteiger partial charge in [-0.3, -0.25) is 4.79 Å². The maximum atomic E-state index is 13.1. The third kappa shape index (κ3) is 5.40. The number of esters is 1. The fourth-order valence-corrected chi connectivity index (χ4v) is 4.78. The van der Waals surface area contributed by atoms with Crippen molar-refractivity contribution in [3.63, 3.8) is 0 Å². The molecule has 0 aliphatic carbocycles. The Morgan fingerprint density at radius 3 is 2.73 bits per heavy atom. The summed E-state index contributed by atoms with van der Waals surface area (Å²) in [6.45, 7) is 4.28. The highest BCUT2D eigenvalue weighted by Crippen LogP contribution is 2.39. The molecule has 0 spiro atoms. The third-order valence-corrected chi connectivity index (χ3v) is 6.47. The minimum absolute atomic E-state index is 0.0508. The smallest absolute Gasteiger partial charge is 0.340 e. The topological polar surface area (TPSA) is 102 Å². The molecular weight excluding hydrogens is 442 g/mol. The fraction of sp³-hybridized carbons (Fsp3) is 0.417. The zero-order chi connectivity index (χ0) is 24.0. The summed E-state index contributed by atoms with van der Waals surface area (Å²) in [6.07, 6.45) is 1.71. The molecule has 174 valence electrons. The van der Waals surface area contributed by atoms with Crippen LogP contribution in [-0.4, -0.2) is 54.9 Å². The molecule has 0 saturated carbocycles. The number of ether oxygens (including phenoxy) is 3. The van der Waals surface area contributed by atoms with Crippen molar-refractivity contribution in [2.75, 3.05) is 33.1 Å². The van der Waals surface area contributed by atoms with Crippen LogP contribution in [0.3, 0.4) is 0 Å². The maximum Gasteiger partial charge on any atom is 0.340 e. The Hall–Kier alpha value is -3.25. The van der Waals surface area contributed by atoms with Gasteiger partial charge in [0.1, 0.15) is 22.6 Å². The van der Waals surface area contributed by atoms with E-state index in [1.54, 1.807) is 28.1 Å². The summed E-state index contributed by atoms with van der Waals surface area (Å²) < 4.78 is 15.9. The van der Waals surface area contributed by atoms with Gasteiger partial charge in [-0.1, -0.05) is 11.8 Å². The van der Waals surface area contributed by atoms with E-state index in [9.17, 15) is 14.9 Å². The van der Waals surface area contributed by atoms with Gasteiger partial charge in [0.25, 0.3) is 0 Å². The number of nitrogens with zero attached hydrogens (tertiary/aromatic N) is 3. The van der Waals surface area contributed by atoms with E-state index < -0.39 is 5.97 Å². The van der Waals surface area contributed by atoms with Gasteiger partial charge in [0.2, 0.25) is 5.91 Å². The average molecular weight is 470 g/mol. The number of carbonyl (C=O) groups excluding carboxylic acids is 2. The molecule has 0 bridgehead atoms. The van der Waals surface area contributed by atoms with Crippen molar-refractivity contribution in [1.82, 2.24) is 9.88 Å². The standard InChI is InChI=1S/C24H27N3O5S/c1-5-32-24(29)18-11-16(13-25)23(26-15(18)2)33-14-22(28)27-10-6-7-20(27)19-12-17(30-3)8-9-21(19)31-4/h8-9,11-12,20H,5-7,10,14H2,1-4H3. The number of nitriles is 1. The van der Waals surface area contributed by atoms with Crippen LogP contribution in [0.5, 0.6) is 11.5 Å². The SMILES string of the molecule is CCOC(=O)c1cc(C#N)c(SCC(=O)N2CCCC2c2cc(OC)ccc2OC)nc1C. The lowest BCUT2D eigenvalue weighted by molar-refractivity contribution is -0.129. The molecule has 1 unspecified atom stereocenters. The molecule has 1 aromatic heterocycles. The van der Waals surface area contributed by atoms with Crippen molar-refractivity contribution in [2.24, 2.45) is 0 Å². The van der Waals surface area contributed by atoms with Gasteiger partial charge >= 0.3 is 5.97 Å². The van der Waals surface area contributed by atoms with Gasteiger partial charge in [-0.2, -0.15) is 5.26 Å². The van der Waals surface area contributed by atoms with Gasteiger partial charge in [-0.05, 0) is 51.0 Å². The molecular formula is C24H27N3O5S. The number of benzene rings is 1. The highest BCUT2D eigenvalue weighted by molar-refractivity contribution is 8.00. The number of carbonyl (C=O) groups is 2. The molecule has 0 N–H and O–H groups in total. The number of methoxy groups -OCH3 is 2. The molecule has 1 amide bonds. The molecule has 1 fully saturated rings. The van der Waals surface area contributed by atoms with E-state index in [4.69, 9.17) is 14.2 Å². The van der Waals surface area contributed by atoms with E-state index in [1.165, 1.54) is 17.8 Å². The molecule has 2 heterocycles. The lowest BCUT2D eigenvalue weighted by Crippen LogP contribution is -2.32. The summed E-state index contributed by atoms with van der Waals surface area (Å²) in [4.78, 5) is 31.5. The van der Waals surface area contributed by atoms with Gasteiger partial charge in [-0.25, -0.2) is 9.78 Å². The first-order valence-corrected chi connectivity index (χ1v) is 11.6. The molecule has 33 heavy (non-hydrogen) atoms. The van der Waals surface area contributed by atoms with Crippen molar-refractivity contribution < 1.29 is 23.8 Å². The minimum Gasteiger partial charge on any atom is -0.497 e. The zero-order valence-electron chi connectivity index (χ0n) is 19.2. The van der Waals surface area contributed by atoms with Gasteiger partial charge in [-0.15, -0.1) is 0 Å². The Labute approximate surface area is 197 Å². The summed E-state index contributed by atoms with van der Waals surface area (Å²) in [5.74, 6) is 0.984. The van der Waals surface area contributed by atoms with Crippen LogP contribution in [0, 0.1) is 18.3 Å². The number of hydrogen-bond donors (Lipinski definition) is 0. The summed E-state index contributed by atoms with van der Waals surface area (Å²) >= 11 is 1.20. The van der Waals surface area contributed by atoms with Gasteiger partial charge in [0.15, 0.2) is 0 Å². The summed E-state index contributed by atoms with van der Waals surface area (Å²) in [5, 5.41) is 9.97. The predicted molar refractivity (Wildman–Crippen MR) is 124 cm³/mol. The van der Waals surface area contributed by atoms with E-state index >= 15 is 0 Å². The Morgan fingerprint density at radius 2 is 2.06 bits per heavy atom. The molecule has 9 heteroatoms. The summed E-state index contributed by atoms with van der Waals surface area (Å²) in [5.41, 5.74) is 1.88. The van der Waals surface area contributed by atoms with Crippen molar-refractivity contribution in [2.45, 2.75) is 37.8 Å². The fourth-order valence-electron chi connectivity index (χ4n) is 3.89. The van der Waals surface area contributed by atoms with Crippen molar-refractivity contribution >= 4 is 23.6 Å². The number of pyridine rings is 1. The maximum absolute atomic E-state index is 13.1. The first kappa shape index (κ1) is 24.4. The van der Waals surface area contributed by atoms with Crippen LogP contribution < -0.4 is 9.47 Å². The lowest BCUT2D eigenvalue weighted by Gasteiger charge is -2.26. The molecule has 1 aliphatic rings. The summed E-state index contributed by atoms with van der Waals surface area (Å²) in [6, 6.07) is 9.03. The number of hydrogen-bond acceptors (Lipinski definition) is 8. The highest BCUT2D eigenvalue weighted by atomic mass is 32.2. The number of thioether (sulfide) groups is 1. The van der Waals surface area contributed by atoms with Crippen LogP contribution in [0.2, 0.25) is 0 Å². The Bertz CT molecular complexity index is 1080. The second-order valence-corrected chi connectivity index (χ2v) is 8.41. The van der Waals surface area contributed by atoms with Gasteiger partial charge < -0.3 is 19.1 Å². The van der Waals surface area contributed by atoms with Crippen molar-refractivity contribution in [3.05, 3.63) is 46.6 Å². The highest BCUT2D eigenvalue weighted by Gasteiger charge is 2.32. The van der Waals surface area contributed by atoms with Crippen LogP contribution in [0.25, 0.3) is 0 Å². The first-order chi connectivity index (χ1) is 15.9. The number of rotatable bonds is 8. The van der Waals surface area contributed by atoms with E-state index in [-0.39, 0.29) is 35.4 Å². The number of aromatic nitrogens is 1. The molecule has 1 saturated heterocycles. The van der Waals surface area contributed by atoms with Gasteiger partial charge in [0, 0.05) is 12.1 Å². The monoisotopic (exact) mass is 469 g/mol. The normalized spacial score (nSPS) is 15.1. The minimum atomic E-state index is -0.515. The lowest BCUT2D eigenvalue weighted by atomic mass is 10.0. The Morgan fingerprint density at radius 1 is 1.27 bits per heavy atom. The first-order valence-electron chi connectivity index (χ1n) is 10.7. The summed E-state index contributed by atoms with van der Waals surface area (Å²) in [7, 11) is 3.22. The molecule has 8 nitrogen and oxygen atoms in total.